The molecular weight excluding hydrogens is 248 g/mol. The van der Waals surface area contributed by atoms with Crippen molar-refractivity contribution >= 4 is 10.0 Å². The quantitative estimate of drug-likeness (QED) is 0.869. The van der Waals surface area contributed by atoms with E-state index in [0.29, 0.717) is 11.4 Å². The second-order valence-corrected chi connectivity index (χ2v) is 6.55. The molecule has 0 saturated carbocycles. The van der Waals surface area contributed by atoms with Gasteiger partial charge in [0.05, 0.1) is 4.90 Å². The molecule has 4 nitrogen and oxygen atoms in total. The molecule has 0 bridgehead atoms. The third-order valence-corrected chi connectivity index (χ3v) is 5.13. The van der Waals surface area contributed by atoms with Gasteiger partial charge in [-0.15, -0.1) is 0 Å². The van der Waals surface area contributed by atoms with Gasteiger partial charge < -0.3 is 5.32 Å². The third kappa shape index (κ3) is 2.91. The largest absolute Gasteiger partial charge is 0.315 e. The van der Waals surface area contributed by atoms with E-state index in [1.54, 1.807) is 12.1 Å². The highest BCUT2D eigenvalue weighted by Gasteiger charge is 2.23. The molecule has 2 N–H and O–H groups in total. The summed E-state index contributed by atoms with van der Waals surface area (Å²) in [6.07, 6.45) is 1.91. The number of hydrogen-bond donors (Lipinski definition) is 2. The van der Waals surface area contributed by atoms with Crippen molar-refractivity contribution in [2.75, 3.05) is 13.1 Å². The maximum absolute atomic E-state index is 12.3. The molecule has 1 aromatic carbocycles. The zero-order chi connectivity index (χ0) is 13.2. The number of aryl methyl sites for hydroxylation is 1. The smallest absolute Gasteiger partial charge is 0.241 e. The lowest BCUT2D eigenvalue weighted by Gasteiger charge is -2.24. The first-order valence-corrected chi connectivity index (χ1v) is 7.78. The third-order valence-electron chi connectivity index (χ3n) is 3.46. The molecule has 1 unspecified atom stereocenters. The lowest BCUT2D eigenvalue weighted by Crippen LogP contribution is -2.45. The van der Waals surface area contributed by atoms with Gasteiger partial charge in [-0.1, -0.05) is 12.1 Å². The number of sulfonamides is 1. The van der Waals surface area contributed by atoms with Crippen LogP contribution in [0.1, 0.15) is 24.0 Å². The Morgan fingerprint density at radius 3 is 2.78 bits per heavy atom. The van der Waals surface area contributed by atoms with Crippen LogP contribution in [0.5, 0.6) is 0 Å². The molecule has 1 aliphatic rings. The molecule has 1 saturated heterocycles. The Morgan fingerprint density at radius 1 is 1.33 bits per heavy atom. The Balaban J connectivity index is 2.22. The summed E-state index contributed by atoms with van der Waals surface area (Å²) in [7, 11) is -3.40. The van der Waals surface area contributed by atoms with Crippen LogP contribution < -0.4 is 10.0 Å². The SMILES string of the molecule is Cc1cccc(S(=O)(=O)NC2CCCNC2)c1C. The molecule has 5 heteroatoms. The van der Waals surface area contributed by atoms with Crippen molar-refractivity contribution in [3.8, 4) is 0 Å². The summed E-state index contributed by atoms with van der Waals surface area (Å²) in [5.74, 6) is 0. The van der Waals surface area contributed by atoms with E-state index in [4.69, 9.17) is 0 Å². The molecule has 1 heterocycles. The molecule has 0 aliphatic carbocycles. The second kappa shape index (κ2) is 5.38. The molecule has 1 fully saturated rings. The highest BCUT2D eigenvalue weighted by Crippen LogP contribution is 2.19. The van der Waals surface area contributed by atoms with Crippen LogP contribution in [-0.2, 0) is 10.0 Å². The summed E-state index contributed by atoms with van der Waals surface area (Å²) in [4.78, 5) is 0.396. The molecular formula is C13H20N2O2S. The molecule has 0 spiro atoms. The van der Waals surface area contributed by atoms with Crippen LogP contribution in [0.2, 0.25) is 0 Å². The van der Waals surface area contributed by atoms with Crippen LogP contribution in [-0.4, -0.2) is 27.5 Å². The van der Waals surface area contributed by atoms with Crippen molar-refractivity contribution in [1.82, 2.24) is 10.0 Å². The zero-order valence-corrected chi connectivity index (χ0v) is 11.7. The Bertz CT molecular complexity index is 520. The Morgan fingerprint density at radius 2 is 2.11 bits per heavy atom. The maximum atomic E-state index is 12.3. The van der Waals surface area contributed by atoms with Gasteiger partial charge in [-0.25, -0.2) is 13.1 Å². The number of benzene rings is 1. The number of rotatable bonds is 3. The van der Waals surface area contributed by atoms with Crippen molar-refractivity contribution < 1.29 is 8.42 Å². The molecule has 1 atom stereocenters. The van der Waals surface area contributed by atoms with E-state index in [0.717, 1.165) is 30.5 Å². The summed E-state index contributed by atoms with van der Waals surface area (Å²) >= 11 is 0. The average Bonchev–Trinajstić information content (AvgIpc) is 2.33. The van der Waals surface area contributed by atoms with E-state index >= 15 is 0 Å². The van der Waals surface area contributed by atoms with Crippen molar-refractivity contribution in [2.24, 2.45) is 0 Å². The monoisotopic (exact) mass is 268 g/mol. The lowest BCUT2D eigenvalue weighted by molar-refractivity contribution is 0.428. The molecule has 2 rings (SSSR count). The van der Waals surface area contributed by atoms with Crippen LogP contribution >= 0.6 is 0 Å². The van der Waals surface area contributed by atoms with E-state index in [1.807, 2.05) is 19.9 Å². The molecule has 1 aliphatic heterocycles. The minimum atomic E-state index is -3.40. The minimum Gasteiger partial charge on any atom is -0.315 e. The van der Waals surface area contributed by atoms with E-state index in [1.165, 1.54) is 0 Å². The lowest BCUT2D eigenvalue weighted by atomic mass is 10.1. The van der Waals surface area contributed by atoms with Gasteiger partial charge in [-0.3, -0.25) is 0 Å². The van der Waals surface area contributed by atoms with Crippen molar-refractivity contribution in [3.63, 3.8) is 0 Å². The molecule has 0 aromatic heterocycles. The van der Waals surface area contributed by atoms with Gasteiger partial charge in [0, 0.05) is 12.6 Å². The van der Waals surface area contributed by atoms with Crippen LogP contribution in [0, 0.1) is 13.8 Å². The zero-order valence-electron chi connectivity index (χ0n) is 10.9. The fraction of sp³-hybridized carbons (Fsp3) is 0.538. The van der Waals surface area contributed by atoms with Gasteiger partial charge in [-0.05, 0) is 50.4 Å². The first kappa shape index (κ1) is 13.5. The van der Waals surface area contributed by atoms with Crippen molar-refractivity contribution in [1.29, 1.82) is 0 Å². The van der Waals surface area contributed by atoms with Gasteiger partial charge in [-0.2, -0.15) is 0 Å². The molecule has 0 amide bonds. The fourth-order valence-electron chi connectivity index (χ4n) is 2.25. The van der Waals surface area contributed by atoms with Gasteiger partial charge in [0.25, 0.3) is 0 Å². The summed E-state index contributed by atoms with van der Waals surface area (Å²) in [5, 5.41) is 3.21. The minimum absolute atomic E-state index is 0.00339. The van der Waals surface area contributed by atoms with E-state index in [9.17, 15) is 8.42 Å². The van der Waals surface area contributed by atoms with E-state index in [-0.39, 0.29) is 6.04 Å². The van der Waals surface area contributed by atoms with Gasteiger partial charge >= 0.3 is 0 Å². The summed E-state index contributed by atoms with van der Waals surface area (Å²) in [6, 6.07) is 5.39. The second-order valence-electron chi connectivity index (χ2n) is 4.86. The standard InChI is InChI=1S/C13H20N2O2S/c1-10-5-3-7-13(11(10)2)18(16,17)15-12-6-4-8-14-9-12/h3,5,7,12,14-15H,4,6,8-9H2,1-2H3. The molecule has 1 aromatic rings. The highest BCUT2D eigenvalue weighted by atomic mass is 32.2. The molecule has 0 radical (unpaired) electrons. The summed E-state index contributed by atoms with van der Waals surface area (Å²) in [5.41, 5.74) is 1.83. The Hall–Kier alpha value is -0.910. The van der Waals surface area contributed by atoms with Gasteiger partial charge in [0.15, 0.2) is 0 Å². The Labute approximate surface area is 109 Å². The predicted octanol–water partition coefficient (Wildman–Crippen LogP) is 1.33. The van der Waals surface area contributed by atoms with Gasteiger partial charge in [0.1, 0.15) is 0 Å². The predicted molar refractivity (Wildman–Crippen MR) is 72.1 cm³/mol. The van der Waals surface area contributed by atoms with E-state index in [2.05, 4.69) is 10.0 Å². The average molecular weight is 268 g/mol. The number of hydrogen-bond acceptors (Lipinski definition) is 3. The van der Waals surface area contributed by atoms with Crippen LogP contribution in [0.3, 0.4) is 0 Å². The maximum Gasteiger partial charge on any atom is 0.241 e. The van der Waals surface area contributed by atoms with E-state index < -0.39 is 10.0 Å². The van der Waals surface area contributed by atoms with Crippen LogP contribution in [0.15, 0.2) is 23.1 Å². The number of piperidine rings is 1. The Kier molecular flexibility index (Phi) is 4.04. The van der Waals surface area contributed by atoms with Gasteiger partial charge in [0.2, 0.25) is 10.0 Å². The first-order chi connectivity index (χ1) is 8.50. The summed E-state index contributed by atoms with van der Waals surface area (Å²) < 4.78 is 27.5. The highest BCUT2D eigenvalue weighted by molar-refractivity contribution is 7.89. The van der Waals surface area contributed by atoms with Crippen molar-refractivity contribution in [3.05, 3.63) is 29.3 Å². The van der Waals surface area contributed by atoms with Crippen molar-refractivity contribution in [2.45, 2.75) is 37.6 Å². The normalized spacial score (nSPS) is 20.9. The molecule has 100 valence electrons. The molecule has 18 heavy (non-hydrogen) atoms. The number of nitrogens with one attached hydrogen (secondary N) is 2. The van der Waals surface area contributed by atoms with Crippen LogP contribution in [0.4, 0.5) is 0 Å². The summed E-state index contributed by atoms with van der Waals surface area (Å²) in [6.45, 7) is 5.46. The topological polar surface area (TPSA) is 58.2 Å². The first-order valence-electron chi connectivity index (χ1n) is 6.30. The fourth-order valence-corrected chi connectivity index (χ4v) is 3.84. The van der Waals surface area contributed by atoms with Crippen LogP contribution in [0.25, 0.3) is 0 Å².